The number of benzene rings is 3. The maximum Gasteiger partial charge on any atom is 0.335 e. The summed E-state index contributed by atoms with van der Waals surface area (Å²) in [5, 5.41) is 24.8. The first-order chi connectivity index (χ1) is 23.4. The highest BCUT2D eigenvalue weighted by atomic mass is 19.1. The minimum Gasteiger partial charge on any atom is -0.490 e. The first-order valence-corrected chi connectivity index (χ1v) is 16.6. The van der Waals surface area contributed by atoms with Crippen LogP contribution >= 0.6 is 0 Å². The molecule has 0 spiro atoms. The molecule has 264 valence electrons. The number of carbonyl (C=O) groups is 3. The Morgan fingerprint density at radius 1 is 1.02 bits per heavy atom. The molecular weight excluding hydrogens is 631 g/mol. The van der Waals surface area contributed by atoms with Gasteiger partial charge in [0.2, 0.25) is 0 Å². The number of nitrogens with zero attached hydrogens (tertiary/aromatic N) is 2. The number of fused-ring (bicyclic) bond motifs is 1. The van der Waals surface area contributed by atoms with Crippen molar-refractivity contribution in [1.29, 1.82) is 0 Å². The van der Waals surface area contributed by atoms with E-state index < -0.39 is 23.9 Å². The second-order valence-corrected chi connectivity index (χ2v) is 12.8. The first kappa shape index (κ1) is 37.3. The fourth-order valence-corrected chi connectivity index (χ4v) is 5.73. The number of ether oxygens (including phenoxy) is 2. The van der Waals surface area contributed by atoms with Crippen LogP contribution in [0.5, 0.6) is 5.75 Å². The van der Waals surface area contributed by atoms with Crippen molar-refractivity contribution < 1.29 is 38.5 Å². The van der Waals surface area contributed by atoms with Crippen LogP contribution in [0.25, 0.3) is 0 Å². The Morgan fingerprint density at radius 2 is 1.69 bits per heavy atom. The summed E-state index contributed by atoms with van der Waals surface area (Å²) in [5.41, 5.74) is 2.20. The third kappa shape index (κ3) is 11.0. The van der Waals surface area contributed by atoms with E-state index in [2.05, 4.69) is 15.5 Å². The lowest BCUT2D eigenvalue weighted by atomic mass is 10.0. The number of carboxylic acids is 1. The van der Waals surface area contributed by atoms with E-state index in [4.69, 9.17) is 9.47 Å². The molecule has 0 aliphatic carbocycles. The van der Waals surface area contributed by atoms with Crippen LogP contribution in [-0.2, 0) is 11.3 Å². The van der Waals surface area contributed by atoms with Crippen molar-refractivity contribution >= 4 is 29.3 Å². The van der Waals surface area contributed by atoms with E-state index in [1.807, 2.05) is 20.9 Å². The van der Waals surface area contributed by atoms with Crippen LogP contribution in [-0.4, -0.2) is 89.5 Å². The predicted molar refractivity (Wildman–Crippen MR) is 186 cm³/mol. The smallest absolute Gasteiger partial charge is 0.335 e. The minimum atomic E-state index is -0.971. The van der Waals surface area contributed by atoms with Crippen molar-refractivity contribution in [3.63, 3.8) is 0 Å². The molecule has 0 bridgehead atoms. The number of urea groups is 1. The highest BCUT2D eigenvalue weighted by Gasteiger charge is 2.30. The van der Waals surface area contributed by atoms with Gasteiger partial charge in [0.15, 0.2) is 0 Å². The van der Waals surface area contributed by atoms with Crippen LogP contribution in [0.4, 0.5) is 20.6 Å². The molecular formula is C37H47FN4O7. The number of hydrogen-bond donors (Lipinski definition) is 4. The lowest BCUT2D eigenvalue weighted by Gasteiger charge is -2.36. The normalized spacial score (nSPS) is 19.7. The van der Waals surface area contributed by atoms with Gasteiger partial charge < -0.3 is 35.2 Å². The summed E-state index contributed by atoms with van der Waals surface area (Å²) >= 11 is 0. The number of rotatable bonds is 9. The van der Waals surface area contributed by atoms with Crippen molar-refractivity contribution in [3.05, 3.63) is 89.2 Å². The SMILES string of the molecule is C[C@@H]1CCCCO[C@@H](CN(C)Cc2ccc(C(=O)O)cc2)[C@@H](C)CN([C@H](C)CO)C(=O)c2cc(NC(=O)Nc3ccc(F)cc3)ccc2O1. The summed E-state index contributed by atoms with van der Waals surface area (Å²) in [4.78, 5) is 42.1. The molecule has 4 N–H and O–H groups in total. The fourth-order valence-electron chi connectivity index (χ4n) is 5.73. The van der Waals surface area contributed by atoms with Crippen LogP contribution < -0.4 is 15.4 Å². The molecule has 0 fully saturated rings. The number of aliphatic hydroxyl groups is 1. The molecule has 3 aromatic carbocycles. The second kappa shape index (κ2) is 17.8. The Hall–Kier alpha value is -4.52. The van der Waals surface area contributed by atoms with E-state index in [0.29, 0.717) is 36.8 Å². The lowest BCUT2D eigenvalue weighted by molar-refractivity contribution is -0.0177. The monoisotopic (exact) mass is 678 g/mol. The van der Waals surface area contributed by atoms with Gasteiger partial charge in [-0.1, -0.05) is 19.1 Å². The average Bonchev–Trinajstić information content (AvgIpc) is 3.07. The lowest BCUT2D eigenvalue weighted by Crippen LogP contribution is -2.47. The quantitative estimate of drug-likeness (QED) is 0.213. The van der Waals surface area contributed by atoms with Gasteiger partial charge in [-0.3, -0.25) is 9.69 Å². The number of halogens is 1. The number of aromatic carboxylic acids is 1. The summed E-state index contributed by atoms with van der Waals surface area (Å²) < 4.78 is 26.0. The first-order valence-electron chi connectivity index (χ1n) is 16.6. The van der Waals surface area contributed by atoms with Crippen molar-refractivity contribution in [1.82, 2.24) is 9.80 Å². The zero-order valence-electron chi connectivity index (χ0n) is 28.5. The zero-order chi connectivity index (χ0) is 35.5. The van der Waals surface area contributed by atoms with Gasteiger partial charge in [-0.2, -0.15) is 0 Å². The van der Waals surface area contributed by atoms with Gasteiger partial charge in [0.1, 0.15) is 11.6 Å². The predicted octanol–water partition coefficient (Wildman–Crippen LogP) is 6.10. The van der Waals surface area contributed by atoms with Gasteiger partial charge in [0, 0.05) is 43.5 Å². The van der Waals surface area contributed by atoms with E-state index in [-0.39, 0.29) is 48.3 Å². The topological polar surface area (TPSA) is 141 Å². The molecule has 0 radical (unpaired) electrons. The summed E-state index contributed by atoms with van der Waals surface area (Å²) in [7, 11) is 1.97. The van der Waals surface area contributed by atoms with E-state index in [1.165, 1.54) is 24.3 Å². The third-order valence-electron chi connectivity index (χ3n) is 8.56. The van der Waals surface area contributed by atoms with Gasteiger partial charge in [0.25, 0.3) is 5.91 Å². The summed E-state index contributed by atoms with van der Waals surface area (Å²) in [6.07, 6.45) is 1.97. The maximum atomic E-state index is 14.3. The molecule has 49 heavy (non-hydrogen) atoms. The standard InChI is InChI=1S/C37H47FN4O7/c1-24-20-42(25(2)23-43)35(44)32-19-31(40-37(47)39-30-14-12-29(38)13-15-30)16-17-33(32)49-26(3)7-5-6-18-48-34(24)22-41(4)21-27-8-10-28(11-9-27)36(45)46/h8-17,19,24-26,34,43H,5-7,18,20-23H2,1-4H3,(H,45,46)(H2,39,40,47)/t24-,25+,26+,34-/m0/s1. The Kier molecular flexibility index (Phi) is 13.5. The Morgan fingerprint density at radius 3 is 2.37 bits per heavy atom. The molecule has 0 aromatic heterocycles. The number of hydrogen-bond acceptors (Lipinski definition) is 7. The molecule has 0 unspecified atom stereocenters. The Bertz CT molecular complexity index is 1550. The van der Waals surface area contributed by atoms with Crippen molar-refractivity contribution in [2.45, 2.75) is 64.8 Å². The third-order valence-corrected chi connectivity index (χ3v) is 8.56. The molecule has 4 rings (SSSR count). The number of anilines is 2. The largest absolute Gasteiger partial charge is 0.490 e. The average molecular weight is 679 g/mol. The van der Waals surface area contributed by atoms with Gasteiger partial charge >= 0.3 is 12.0 Å². The van der Waals surface area contributed by atoms with E-state index >= 15 is 0 Å². The van der Waals surface area contributed by atoms with Crippen LogP contribution in [0.2, 0.25) is 0 Å². The minimum absolute atomic E-state index is 0.135. The number of carboxylic acid groups (broad SMARTS) is 1. The summed E-state index contributed by atoms with van der Waals surface area (Å²) in [6.45, 7) is 7.44. The van der Waals surface area contributed by atoms with E-state index in [0.717, 1.165) is 24.8 Å². The number of amides is 3. The fraction of sp³-hybridized carbons (Fsp3) is 0.432. The molecule has 1 heterocycles. The number of carbonyl (C=O) groups excluding carboxylic acids is 2. The van der Waals surface area contributed by atoms with Crippen LogP contribution in [0.15, 0.2) is 66.7 Å². The molecule has 11 nitrogen and oxygen atoms in total. The molecule has 1 aliphatic heterocycles. The van der Waals surface area contributed by atoms with Gasteiger partial charge in [-0.15, -0.1) is 0 Å². The number of nitrogens with one attached hydrogen (secondary N) is 2. The van der Waals surface area contributed by atoms with Crippen LogP contribution in [0, 0.1) is 11.7 Å². The Balaban J connectivity index is 1.56. The molecule has 3 aromatic rings. The highest BCUT2D eigenvalue weighted by molar-refractivity contribution is 6.02. The van der Waals surface area contributed by atoms with Gasteiger partial charge in [-0.25, -0.2) is 14.0 Å². The van der Waals surface area contributed by atoms with E-state index in [1.54, 1.807) is 54.3 Å². The molecule has 4 atom stereocenters. The molecule has 0 saturated heterocycles. The highest BCUT2D eigenvalue weighted by Crippen LogP contribution is 2.29. The zero-order valence-corrected chi connectivity index (χ0v) is 28.5. The Labute approximate surface area is 287 Å². The van der Waals surface area contributed by atoms with Crippen molar-refractivity contribution in [2.24, 2.45) is 5.92 Å². The number of likely N-dealkylation sites (N-methyl/N-ethyl adjacent to an activating group) is 1. The van der Waals surface area contributed by atoms with Gasteiger partial charge in [0.05, 0.1) is 36.0 Å². The van der Waals surface area contributed by atoms with E-state index in [9.17, 15) is 29.0 Å². The molecule has 12 heteroatoms. The number of aliphatic hydroxyl groups excluding tert-OH is 1. The molecule has 1 aliphatic rings. The summed E-state index contributed by atoms with van der Waals surface area (Å²) in [6, 6.07) is 16.0. The summed E-state index contributed by atoms with van der Waals surface area (Å²) in [5.74, 6) is -1.51. The maximum absolute atomic E-state index is 14.3. The van der Waals surface area contributed by atoms with Crippen LogP contribution in [0.3, 0.4) is 0 Å². The molecule has 3 amide bonds. The van der Waals surface area contributed by atoms with Gasteiger partial charge in [-0.05, 0) is 100 Å². The second-order valence-electron chi connectivity index (χ2n) is 12.8. The molecule has 0 saturated carbocycles. The van der Waals surface area contributed by atoms with Crippen molar-refractivity contribution in [2.75, 3.05) is 44.0 Å². The van der Waals surface area contributed by atoms with Crippen LogP contribution in [0.1, 0.15) is 66.3 Å². The van der Waals surface area contributed by atoms with Crippen molar-refractivity contribution in [3.8, 4) is 5.75 Å².